The van der Waals surface area contributed by atoms with Gasteiger partial charge in [-0.15, -0.1) is 0 Å². The lowest BCUT2D eigenvalue weighted by Crippen LogP contribution is -2.25. The van der Waals surface area contributed by atoms with Crippen LogP contribution in [0, 0.1) is 5.41 Å². The summed E-state index contributed by atoms with van der Waals surface area (Å²) in [6, 6.07) is 9.64. The lowest BCUT2D eigenvalue weighted by Gasteiger charge is -2.15. The molecule has 0 amide bonds. The highest BCUT2D eigenvalue weighted by molar-refractivity contribution is 5.88. The van der Waals surface area contributed by atoms with Gasteiger partial charge in [0.2, 0.25) is 0 Å². The van der Waals surface area contributed by atoms with Crippen LogP contribution in [-0.2, 0) is 20.7 Å². The lowest BCUT2D eigenvalue weighted by molar-refractivity contribution is -0.165. The first kappa shape index (κ1) is 13.4. The van der Waals surface area contributed by atoms with Gasteiger partial charge >= 0.3 is 11.9 Å². The number of benzene rings is 1. The average molecular weight is 234 g/mol. The maximum atomic E-state index is 11.4. The second-order valence-corrected chi connectivity index (χ2v) is 5.00. The van der Waals surface area contributed by atoms with Gasteiger partial charge in [-0.2, -0.15) is 0 Å². The molecule has 0 bridgehead atoms. The van der Waals surface area contributed by atoms with Crippen molar-refractivity contribution in [2.45, 2.75) is 33.6 Å². The van der Waals surface area contributed by atoms with Crippen molar-refractivity contribution < 1.29 is 14.3 Å². The summed E-state index contributed by atoms with van der Waals surface area (Å²) in [5.74, 6) is -0.940. The van der Waals surface area contributed by atoms with E-state index in [9.17, 15) is 9.59 Å². The Hall–Kier alpha value is -1.64. The molecule has 0 spiro atoms. The molecule has 1 aromatic rings. The fourth-order valence-corrected chi connectivity index (χ4v) is 1.20. The molecular weight excluding hydrogens is 216 g/mol. The number of hydrogen-bond donors (Lipinski definition) is 0. The minimum absolute atomic E-state index is 0.228. The van der Waals surface area contributed by atoms with Gasteiger partial charge in [-0.1, -0.05) is 30.3 Å². The molecule has 0 fully saturated rings. The fourth-order valence-electron chi connectivity index (χ4n) is 1.20. The van der Waals surface area contributed by atoms with Crippen molar-refractivity contribution in [3.8, 4) is 0 Å². The summed E-state index contributed by atoms with van der Waals surface area (Å²) in [5.41, 5.74) is 0.426. The Labute approximate surface area is 102 Å². The van der Waals surface area contributed by atoms with Crippen LogP contribution in [0.25, 0.3) is 0 Å². The van der Waals surface area contributed by atoms with E-state index in [0.29, 0.717) is 6.42 Å². The maximum absolute atomic E-state index is 11.4. The molecule has 0 radical (unpaired) electrons. The molecule has 0 saturated heterocycles. The highest BCUT2D eigenvalue weighted by atomic mass is 16.6. The highest BCUT2D eigenvalue weighted by Crippen LogP contribution is 2.15. The van der Waals surface area contributed by atoms with Crippen molar-refractivity contribution in [3.05, 3.63) is 35.9 Å². The summed E-state index contributed by atoms with van der Waals surface area (Å²) in [4.78, 5) is 22.9. The van der Waals surface area contributed by atoms with Crippen LogP contribution in [0.1, 0.15) is 32.8 Å². The first-order valence-corrected chi connectivity index (χ1v) is 5.68. The van der Waals surface area contributed by atoms with Gasteiger partial charge in [0, 0.05) is 0 Å². The van der Waals surface area contributed by atoms with E-state index in [2.05, 4.69) is 0 Å². The minimum atomic E-state index is -0.637. The summed E-state index contributed by atoms with van der Waals surface area (Å²) >= 11 is 0. The molecule has 0 aromatic heterocycles. The number of carbonyl (C=O) groups excluding carboxylic acids is 2. The van der Waals surface area contributed by atoms with Crippen molar-refractivity contribution in [3.63, 3.8) is 0 Å². The quantitative estimate of drug-likeness (QED) is 0.596. The zero-order chi connectivity index (χ0) is 12.9. The highest BCUT2D eigenvalue weighted by Gasteiger charge is 2.25. The van der Waals surface area contributed by atoms with Gasteiger partial charge in [-0.25, -0.2) is 0 Å². The third-order valence-electron chi connectivity index (χ3n) is 2.28. The number of esters is 2. The number of hydrogen-bond acceptors (Lipinski definition) is 3. The Morgan fingerprint density at radius 1 is 1.12 bits per heavy atom. The minimum Gasteiger partial charge on any atom is -0.393 e. The Kier molecular flexibility index (Phi) is 4.44. The third-order valence-corrected chi connectivity index (χ3v) is 2.28. The number of carbonyl (C=O) groups is 2. The van der Waals surface area contributed by atoms with Gasteiger partial charge in [0.25, 0.3) is 0 Å². The molecule has 1 rings (SSSR count). The molecule has 0 aliphatic heterocycles. The normalized spacial score (nSPS) is 11.0. The van der Waals surface area contributed by atoms with E-state index < -0.39 is 17.4 Å². The van der Waals surface area contributed by atoms with Crippen LogP contribution in [0.3, 0.4) is 0 Å². The predicted molar refractivity (Wildman–Crippen MR) is 65.3 cm³/mol. The smallest absolute Gasteiger partial charge is 0.318 e. The zero-order valence-electron chi connectivity index (χ0n) is 10.5. The van der Waals surface area contributed by atoms with E-state index in [1.54, 1.807) is 20.8 Å². The summed E-state index contributed by atoms with van der Waals surface area (Å²) in [7, 11) is 0. The Morgan fingerprint density at radius 2 is 1.71 bits per heavy atom. The summed E-state index contributed by atoms with van der Waals surface area (Å²) < 4.78 is 4.76. The van der Waals surface area contributed by atoms with E-state index in [0.717, 1.165) is 5.56 Å². The summed E-state index contributed by atoms with van der Waals surface area (Å²) in [5, 5.41) is 0. The molecule has 0 aliphatic rings. The molecular formula is C14H18O3. The second-order valence-electron chi connectivity index (χ2n) is 5.00. The third kappa shape index (κ3) is 4.81. The molecule has 0 N–H and O–H groups in total. The van der Waals surface area contributed by atoms with E-state index in [1.165, 1.54) is 0 Å². The predicted octanol–water partition coefficient (Wildman–Crippen LogP) is 2.74. The van der Waals surface area contributed by atoms with Gasteiger partial charge in [-0.3, -0.25) is 9.59 Å². The van der Waals surface area contributed by atoms with Crippen molar-refractivity contribution >= 4 is 11.9 Å². The molecule has 92 valence electrons. The van der Waals surface area contributed by atoms with Crippen LogP contribution in [0.4, 0.5) is 0 Å². The van der Waals surface area contributed by atoms with Crippen LogP contribution < -0.4 is 0 Å². The van der Waals surface area contributed by atoms with Gasteiger partial charge in [0.15, 0.2) is 0 Å². The lowest BCUT2D eigenvalue weighted by atomic mass is 9.97. The largest absolute Gasteiger partial charge is 0.393 e. The Morgan fingerprint density at radius 3 is 2.24 bits per heavy atom. The van der Waals surface area contributed by atoms with Crippen molar-refractivity contribution in [1.29, 1.82) is 0 Å². The van der Waals surface area contributed by atoms with Gasteiger partial charge < -0.3 is 4.74 Å². The molecule has 1 aromatic carbocycles. The number of rotatable bonds is 3. The second kappa shape index (κ2) is 5.62. The van der Waals surface area contributed by atoms with Gasteiger partial charge in [-0.05, 0) is 32.8 Å². The Balaban J connectivity index is 2.39. The molecule has 0 saturated carbocycles. The van der Waals surface area contributed by atoms with E-state index in [1.807, 2.05) is 30.3 Å². The van der Waals surface area contributed by atoms with E-state index >= 15 is 0 Å². The van der Waals surface area contributed by atoms with Crippen LogP contribution in [0.5, 0.6) is 0 Å². The summed E-state index contributed by atoms with van der Waals surface area (Å²) in [6.45, 7) is 5.17. The Bertz CT molecular complexity index is 388. The zero-order valence-corrected chi connectivity index (χ0v) is 10.5. The fraction of sp³-hybridized carbons (Fsp3) is 0.429. The molecule has 3 nitrogen and oxygen atoms in total. The molecule has 0 heterocycles. The topological polar surface area (TPSA) is 43.4 Å². The standard InChI is InChI=1S/C14H18O3/c1-14(2,3)13(16)17-12(15)10-9-11-7-5-4-6-8-11/h4-8H,9-10H2,1-3H3. The maximum Gasteiger partial charge on any atom is 0.318 e. The molecule has 17 heavy (non-hydrogen) atoms. The molecule has 0 unspecified atom stereocenters. The molecule has 0 aliphatic carbocycles. The molecule has 3 heteroatoms. The van der Waals surface area contributed by atoms with Crippen LogP contribution in [-0.4, -0.2) is 11.9 Å². The van der Waals surface area contributed by atoms with Crippen molar-refractivity contribution in [2.24, 2.45) is 5.41 Å². The van der Waals surface area contributed by atoms with E-state index in [4.69, 9.17) is 4.74 Å². The van der Waals surface area contributed by atoms with E-state index in [-0.39, 0.29) is 6.42 Å². The number of aryl methyl sites for hydroxylation is 1. The van der Waals surface area contributed by atoms with Gasteiger partial charge in [0.1, 0.15) is 0 Å². The molecule has 0 atom stereocenters. The first-order chi connectivity index (χ1) is 7.89. The van der Waals surface area contributed by atoms with Crippen LogP contribution in [0.15, 0.2) is 30.3 Å². The summed E-state index contributed by atoms with van der Waals surface area (Å²) in [6.07, 6.45) is 0.822. The van der Waals surface area contributed by atoms with Crippen molar-refractivity contribution in [2.75, 3.05) is 0 Å². The van der Waals surface area contributed by atoms with Crippen LogP contribution in [0.2, 0.25) is 0 Å². The SMILES string of the molecule is CC(C)(C)C(=O)OC(=O)CCc1ccccc1. The average Bonchev–Trinajstić information content (AvgIpc) is 2.26. The van der Waals surface area contributed by atoms with Crippen molar-refractivity contribution in [1.82, 2.24) is 0 Å². The van der Waals surface area contributed by atoms with Crippen LogP contribution >= 0.6 is 0 Å². The monoisotopic (exact) mass is 234 g/mol. The van der Waals surface area contributed by atoms with Gasteiger partial charge in [0.05, 0.1) is 11.8 Å². The first-order valence-electron chi connectivity index (χ1n) is 5.68. The number of ether oxygens (including phenoxy) is 1.